The smallest absolute Gasteiger partial charge is 0.258 e. The van der Waals surface area contributed by atoms with Gasteiger partial charge in [0.25, 0.3) is 5.69 Å². The van der Waals surface area contributed by atoms with E-state index >= 15 is 0 Å². The maximum atomic E-state index is 10.7. The fourth-order valence-electron chi connectivity index (χ4n) is 2.23. The number of non-ortho nitro benzene ring substituents is 1. The van der Waals surface area contributed by atoms with Crippen molar-refractivity contribution in [2.75, 3.05) is 0 Å². The van der Waals surface area contributed by atoms with Crippen molar-refractivity contribution in [1.29, 1.82) is 0 Å². The molecule has 0 bridgehead atoms. The number of hydrogen-bond acceptors (Lipinski definition) is 2. The van der Waals surface area contributed by atoms with Gasteiger partial charge in [-0.15, -0.1) is 0 Å². The van der Waals surface area contributed by atoms with Crippen LogP contribution in [0.5, 0.6) is 0 Å². The fraction of sp³-hybridized carbons (Fsp3) is 0.333. The van der Waals surface area contributed by atoms with Gasteiger partial charge < -0.3 is 0 Å². The van der Waals surface area contributed by atoms with Crippen molar-refractivity contribution < 1.29 is 4.92 Å². The minimum Gasteiger partial charge on any atom is -0.258 e. The molecule has 0 atom stereocenters. The highest BCUT2D eigenvalue weighted by atomic mass is 16.6. The summed E-state index contributed by atoms with van der Waals surface area (Å²) in [5, 5.41) is 10.7. The van der Waals surface area contributed by atoms with Crippen molar-refractivity contribution in [2.24, 2.45) is 0 Å². The zero-order valence-electron chi connectivity index (χ0n) is 9.07. The Labute approximate surface area is 88.6 Å². The van der Waals surface area contributed by atoms with Crippen molar-refractivity contribution in [3.63, 3.8) is 0 Å². The number of benzene rings is 1. The summed E-state index contributed by atoms with van der Waals surface area (Å²) >= 11 is 0. The number of allylic oxidation sites excluding steroid dienone is 2. The minimum atomic E-state index is -0.348. The second-order valence-electron chi connectivity index (χ2n) is 4.54. The average molecular weight is 203 g/mol. The van der Waals surface area contributed by atoms with Gasteiger partial charge in [0.1, 0.15) is 0 Å². The summed E-state index contributed by atoms with van der Waals surface area (Å²) in [6.07, 6.45) is 2.15. The molecule has 2 rings (SSSR count). The molecule has 1 aliphatic rings. The Balaban J connectivity index is 2.62. The van der Waals surface area contributed by atoms with Crippen LogP contribution in [0.4, 0.5) is 5.69 Å². The summed E-state index contributed by atoms with van der Waals surface area (Å²) in [4.78, 5) is 10.3. The third-order valence-corrected chi connectivity index (χ3v) is 2.91. The minimum absolute atomic E-state index is 0.00541. The van der Waals surface area contributed by atoms with Crippen LogP contribution in [0, 0.1) is 10.1 Å². The predicted octanol–water partition coefficient (Wildman–Crippen LogP) is 3.29. The van der Waals surface area contributed by atoms with Crippen molar-refractivity contribution in [2.45, 2.75) is 26.2 Å². The van der Waals surface area contributed by atoms with Crippen LogP contribution in [0.1, 0.15) is 31.9 Å². The number of nitro benzene ring substituents is 1. The summed E-state index contributed by atoms with van der Waals surface area (Å²) in [5.74, 6) is 0. The van der Waals surface area contributed by atoms with E-state index in [1.165, 1.54) is 5.56 Å². The van der Waals surface area contributed by atoms with Crippen LogP contribution in [-0.4, -0.2) is 4.92 Å². The van der Waals surface area contributed by atoms with Gasteiger partial charge >= 0.3 is 0 Å². The third-order valence-electron chi connectivity index (χ3n) is 2.91. The van der Waals surface area contributed by atoms with Gasteiger partial charge in [-0.05, 0) is 23.6 Å². The second kappa shape index (κ2) is 2.92. The molecule has 1 aromatic rings. The molecule has 3 heteroatoms. The Hall–Kier alpha value is -1.64. The third kappa shape index (κ3) is 1.44. The van der Waals surface area contributed by atoms with Crippen LogP contribution < -0.4 is 0 Å². The first-order chi connectivity index (χ1) is 6.92. The zero-order valence-corrected chi connectivity index (χ0v) is 9.07. The van der Waals surface area contributed by atoms with Gasteiger partial charge in [0.05, 0.1) is 4.92 Å². The van der Waals surface area contributed by atoms with Gasteiger partial charge in [-0.2, -0.15) is 0 Å². The van der Waals surface area contributed by atoms with Gasteiger partial charge in [0, 0.05) is 17.5 Å². The molecule has 0 saturated carbocycles. The molecule has 0 radical (unpaired) electrons. The Morgan fingerprint density at radius 1 is 1.33 bits per heavy atom. The highest BCUT2D eigenvalue weighted by molar-refractivity contribution is 5.76. The first-order valence-electron chi connectivity index (χ1n) is 4.90. The molecule has 0 saturated heterocycles. The van der Waals surface area contributed by atoms with Crippen LogP contribution in [0.25, 0.3) is 5.57 Å². The van der Waals surface area contributed by atoms with Crippen molar-refractivity contribution >= 4 is 11.3 Å². The lowest BCUT2D eigenvalue weighted by atomic mass is 9.87. The van der Waals surface area contributed by atoms with E-state index in [4.69, 9.17) is 0 Å². The molecule has 0 heterocycles. The predicted molar refractivity (Wildman–Crippen MR) is 59.8 cm³/mol. The Morgan fingerprint density at radius 3 is 2.60 bits per heavy atom. The molecule has 15 heavy (non-hydrogen) atoms. The summed E-state index contributed by atoms with van der Waals surface area (Å²) < 4.78 is 0. The molecule has 0 fully saturated rings. The summed E-state index contributed by atoms with van der Waals surface area (Å²) in [6.45, 7) is 6.24. The van der Waals surface area contributed by atoms with Gasteiger partial charge in [-0.3, -0.25) is 10.1 Å². The van der Waals surface area contributed by atoms with Gasteiger partial charge in [0.2, 0.25) is 0 Å². The van der Waals surface area contributed by atoms with E-state index in [0.29, 0.717) is 0 Å². The topological polar surface area (TPSA) is 43.1 Å². The largest absolute Gasteiger partial charge is 0.270 e. The molecule has 0 N–H and O–H groups in total. The molecule has 0 spiro atoms. The molecular formula is C12H13NO2. The molecule has 0 unspecified atom stereocenters. The number of rotatable bonds is 1. The fourth-order valence-corrected chi connectivity index (χ4v) is 2.23. The number of hydrogen-bond donors (Lipinski definition) is 0. The van der Waals surface area contributed by atoms with Crippen LogP contribution in [-0.2, 0) is 5.41 Å². The van der Waals surface area contributed by atoms with Gasteiger partial charge in [0.15, 0.2) is 0 Å². The molecule has 3 nitrogen and oxygen atoms in total. The van der Waals surface area contributed by atoms with E-state index in [-0.39, 0.29) is 16.0 Å². The summed E-state index contributed by atoms with van der Waals surface area (Å²) in [6, 6.07) is 5.10. The zero-order chi connectivity index (χ0) is 11.2. The molecule has 0 amide bonds. The van der Waals surface area contributed by atoms with Crippen LogP contribution in [0.15, 0.2) is 24.3 Å². The molecule has 0 aliphatic heterocycles. The first kappa shape index (κ1) is 9.90. The average Bonchev–Trinajstić information content (AvgIpc) is 2.37. The molecule has 1 aromatic carbocycles. The van der Waals surface area contributed by atoms with Crippen molar-refractivity contribution in [1.82, 2.24) is 0 Å². The summed E-state index contributed by atoms with van der Waals surface area (Å²) in [7, 11) is 0. The Bertz CT molecular complexity index is 473. The Kier molecular flexibility index (Phi) is 1.93. The first-order valence-corrected chi connectivity index (χ1v) is 4.90. The maximum absolute atomic E-state index is 10.7. The van der Waals surface area contributed by atoms with E-state index in [1.807, 2.05) is 13.0 Å². The van der Waals surface area contributed by atoms with Crippen LogP contribution in [0.2, 0.25) is 0 Å². The van der Waals surface area contributed by atoms with Crippen LogP contribution >= 0.6 is 0 Å². The number of nitrogens with zero attached hydrogens (tertiary/aromatic N) is 1. The van der Waals surface area contributed by atoms with Gasteiger partial charge in [-0.25, -0.2) is 0 Å². The molecule has 1 aliphatic carbocycles. The number of nitro groups is 1. The van der Waals surface area contributed by atoms with E-state index in [2.05, 4.69) is 19.9 Å². The highest BCUT2D eigenvalue weighted by Gasteiger charge is 2.29. The van der Waals surface area contributed by atoms with Gasteiger partial charge in [-0.1, -0.05) is 26.0 Å². The normalized spacial score (nSPS) is 17.1. The van der Waals surface area contributed by atoms with E-state index in [1.54, 1.807) is 12.1 Å². The lowest BCUT2D eigenvalue weighted by molar-refractivity contribution is -0.384. The Morgan fingerprint density at radius 2 is 2.00 bits per heavy atom. The summed E-state index contributed by atoms with van der Waals surface area (Å²) in [5.41, 5.74) is 3.46. The number of fused-ring (bicyclic) bond motifs is 1. The monoisotopic (exact) mass is 203 g/mol. The van der Waals surface area contributed by atoms with Crippen LogP contribution in [0.3, 0.4) is 0 Å². The van der Waals surface area contributed by atoms with E-state index in [9.17, 15) is 10.1 Å². The van der Waals surface area contributed by atoms with E-state index < -0.39 is 0 Å². The maximum Gasteiger partial charge on any atom is 0.270 e. The lowest BCUT2D eigenvalue weighted by Gasteiger charge is -2.16. The molecule has 78 valence electrons. The standard InChI is InChI=1S/C12H13NO2/c1-8-7-12(2,3)11-5-4-9(13(14)15)6-10(8)11/h4-7H,1-3H3. The molecule has 0 aromatic heterocycles. The van der Waals surface area contributed by atoms with E-state index in [0.717, 1.165) is 11.1 Å². The quantitative estimate of drug-likeness (QED) is 0.519. The highest BCUT2D eigenvalue weighted by Crippen LogP contribution is 2.41. The molecular weight excluding hydrogens is 190 g/mol. The second-order valence-corrected chi connectivity index (χ2v) is 4.54. The lowest BCUT2D eigenvalue weighted by Crippen LogP contribution is -2.10. The van der Waals surface area contributed by atoms with Crippen molar-refractivity contribution in [3.8, 4) is 0 Å². The van der Waals surface area contributed by atoms with Crippen molar-refractivity contribution in [3.05, 3.63) is 45.5 Å². The SMILES string of the molecule is CC1=CC(C)(C)c2ccc([N+](=O)[O-])cc21.